The number of rotatable bonds is 6. The zero-order valence-electron chi connectivity index (χ0n) is 15.8. The first-order valence-corrected chi connectivity index (χ1v) is 12.7. The first-order valence-electron chi connectivity index (χ1n) is 8.95. The maximum atomic E-state index is 3.91. The van der Waals surface area contributed by atoms with E-state index in [2.05, 4.69) is 102 Å². The molecule has 1 rings (SSSR count). The second-order valence-corrected chi connectivity index (χ2v) is 14.6. The highest BCUT2D eigenvalue weighted by Crippen LogP contribution is 2.47. The van der Waals surface area contributed by atoms with E-state index in [-0.39, 0.29) is 0 Å². The van der Waals surface area contributed by atoms with Gasteiger partial charge in [0.15, 0.2) is 0 Å². The van der Waals surface area contributed by atoms with Crippen LogP contribution in [0, 0.1) is 35.1 Å². The second kappa shape index (κ2) is 8.38. The summed E-state index contributed by atoms with van der Waals surface area (Å²) >= 11 is 2.47. The van der Waals surface area contributed by atoms with E-state index in [0.717, 1.165) is 22.5 Å². The maximum Gasteiger partial charge on any atom is 0.145 e. The van der Waals surface area contributed by atoms with E-state index >= 15 is 0 Å². The quantitative estimate of drug-likeness (QED) is 0.144. The van der Waals surface area contributed by atoms with Crippen molar-refractivity contribution in [2.45, 2.75) is 72.0 Å². The number of allylic oxidation sites excluding steroid dienone is 2. The smallest absolute Gasteiger partial charge is 0.130 e. The Labute approximate surface area is 154 Å². The molecule has 0 radical (unpaired) electrons. The highest BCUT2D eigenvalue weighted by Gasteiger charge is 2.46. The molecule has 0 spiro atoms. The van der Waals surface area contributed by atoms with Crippen molar-refractivity contribution in [1.82, 2.24) is 0 Å². The Morgan fingerprint density at radius 1 is 1.00 bits per heavy atom. The van der Waals surface area contributed by atoms with Crippen molar-refractivity contribution in [3.05, 3.63) is 12.2 Å². The van der Waals surface area contributed by atoms with Gasteiger partial charge in [0.1, 0.15) is 8.07 Å². The molecule has 0 heterocycles. The lowest BCUT2D eigenvalue weighted by molar-refractivity contribution is 0.835. The fraction of sp³-hybridized carbons (Fsp3) is 0.800. The zero-order valence-corrected chi connectivity index (χ0v) is 18.9. The van der Waals surface area contributed by atoms with Gasteiger partial charge in [0, 0.05) is 10.3 Å². The largest absolute Gasteiger partial charge is 0.145 e. The number of hydrogen-bond acceptors (Lipinski definition) is 0. The van der Waals surface area contributed by atoms with E-state index in [0.29, 0.717) is 17.8 Å². The lowest BCUT2D eigenvalue weighted by Crippen LogP contribution is -2.43. The van der Waals surface area contributed by atoms with Crippen LogP contribution < -0.4 is 0 Å². The lowest BCUT2D eigenvalue weighted by Gasteiger charge is -2.38. The third kappa shape index (κ3) is 4.41. The Morgan fingerprint density at radius 2 is 1.50 bits per heavy atom. The minimum Gasteiger partial charge on any atom is -0.130 e. The molecule has 1 fully saturated rings. The summed E-state index contributed by atoms with van der Waals surface area (Å²) in [6.45, 7) is 19.1. The van der Waals surface area contributed by atoms with Gasteiger partial charge < -0.3 is 0 Å². The lowest BCUT2D eigenvalue weighted by atomic mass is 10.2. The molecule has 0 aromatic rings. The van der Waals surface area contributed by atoms with E-state index in [9.17, 15) is 0 Å². The molecule has 22 heavy (non-hydrogen) atoms. The zero-order chi connectivity index (χ0) is 17.1. The van der Waals surface area contributed by atoms with Gasteiger partial charge in [-0.05, 0) is 34.4 Å². The molecule has 0 bridgehead atoms. The Hall–Kier alpha value is 0.247. The summed E-state index contributed by atoms with van der Waals surface area (Å²) in [5, 5.41) is 0. The first-order chi connectivity index (χ1) is 10.2. The van der Waals surface area contributed by atoms with Gasteiger partial charge in [-0.1, -0.05) is 90.1 Å². The standard InChI is InChI=1S/C20H35ISi/c1-14(2)22(15(3)4,16(5)6)12-11-20-18(8)19(20)10-9-17(7)13-21/h9-10,14-20H,13H2,1-8H3/b10-9+/t17-,18-,19+,20+/m1/s1. The molecule has 0 amide bonds. The molecule has 0 N–H and O–H groups in total. The molecule has 0 aromatic carbocycles. The molecule has 1 aliphatic rings. The minimum absolute atomic E-state index is 0.612. The molecule has 0 aliphatic heterocycles. The van der Waals surface area contributed by atoms with Crippen LogP contribution in [-0.2, 0) is 0 Å². The summed E-state index contributed by atoms with van der Waals surface area (Å²) < 4.78 is 1.20. The van der Waals surface area contributed by atoms with E-state index in [1.54, 1.807) is 0 Å². The van der Waals surface area contributed by atoms with Gasteiger partial charge in [-0.3, -0.25) is 0 Å². The Bertz CT molecular complexity index is 417. The van der Waals surface area contributed by atoms with Gasteiger partial charge in [0.25, 0.3) is 0 Å². The third-order valence-electron chi connectivity index (χ3n) is 5.67. The molecule has 0 unspecified atom stereocenters. The van der Waals surface area contributed by atoms with Crippen LogP contribution in [0.3, 0.4) is 0 Å². The van der Waals surface area contributed by atoms with Crippen LogP contribution in [0.25, 0.3) is 0 Å². The van der Waals surface area contributed by atoms with E-state index in [1.165, 1.54) is 4.43 Å². The summed E-state index contributed by atoms with van der Waals surface area (Å²) in [6.07, 6.45) is 4.84. The SMILES string of the molecule is CC(C)[Si](C#C[C@H]1[C@H](C)[C@@H]1/C=C/[C@@H](C)CI)(C(C)C)C(C)C. The normalized spacial score (nSPS) is 26.6. The molecule has 0 saturated heterocycles. The highest BCUT2D eigenvalue weighted by atomic mass is 127. The first kappa shape index (κ1) is 20.3. The average molecular weight is 430 g/mol. The average Bonchev–Trinajstić information content (AvgIpc) is 3.04. The summed E-state index contributed by atoms with van der Waals surface area (Å²) in [6, 6.07) is 0. The maximum absolute atomic E-state index is 3.91. The Balaban J connectivity index is 2.90. The minimum atomic E-state index is -1.55. The van der Waals surface area contributed by atoms with Gasteiger partial charge in [0.05, 0.1) is 0 Å². The molecule has 2 heteroatoms. The predicted molar refractivity (Wildman–Crippen MR) is 112 cm³/mol. The topological polar surface area (TPSA) is 0 Å². The van der Waals surface area contributed by atoms with Crippen molar-refractivity contribution < 1.29 is 0 Å². The van der Waals surface area contributed by atoms with Gasteiger partial charge in [-0.2, -0.15) is 0 Å². The molecule has 126 valence electrons. The number of hydrogen-bond donors (Lipinski definition) is 0. The van der Waals surface area contributed by atoms with Crippen LogP contribution >= 0.6 is 22.6 Å². The molecular formula is C20H35ISi. The molecule has 0 aromatic heterocycles. The molecular weight excluding hydrogens is 395 g/mol. The van der Waals surface area contributed by atoms with E-state index in [1.807, 2.05) is 0 Å². The summed E-state index contributed by atoms with van der Waals surface area (Å²) in [5.41, 5.74) is 6.12. The van der Waals surface area contributed by atoms with Gasteiger partial charge in [-0.15, -0.1) is 11.5 Å². The highest BCUT2D eigenvalue weighted by molar-refractivity contribution is 14.1. The monoisotopic (exact) mass is 430 g/mol. The fourth-order valence-corrected chi connectivity index (χ4v) is 9.60. The van der Waals surface area contributed by atoms with Crippen LogP contribution in [0.4, 0.5) is 0 Å². The molecule has 0 nitrogen and oxygen atoms in total. The van der Waals surface area contributed by atoms with Crippen molar-refractivity contribution in [3.8, 4) is 11.5 Å². The van der Waals surface area contributed by atoms with Gasteiger partial charge in [0.2, 0.25) is 0 Å². The van der Waals surface area contributed by atoms with Crippen molar-refractivity contribution in [2.24, 2.45) is 23.7 Å². The van der Waals surface area contributed by atoms with Crippen molar-refractivity contribution in [3.63, 3.8) is 0 Å². The van der Waals surface area contributed by atoms with E-state index in [4.69, 9.17) is 0 Å². The second-order valence-electron chi connectivity index (χ2n) is 8.15. The third-order valence-corrected chi connectivity index (χ3v) is 13.4. The van der Waals surface area contributed by atoms with Crippen LogP contribution in [-0.4, -0.2) is 12.5 Å². The molecule has 4 atom stereocenters. The van der Waals surface area contributed by atoms with Crippen LogP contribution in [0.1, 0.15) is 55.4 Å². The van der Waals surface area contributed by atoms with E-state index < -0.39 is 8.07 Å². The van der Waals surface area contributed by atoms with Crippen LogP contribution in [0.15, 0.2) is 12.2 Å². The van der Waals surface area contributed by atoms with Gasteiger partial charge >= 0.3 is 0 Å². The summed E-state index contributed by atoms with van der Waals surface area (Å²) in [7, 11) is -1.55. The Morgan fingerprint density at radius 3 is 1.91 bits per heavy atom. The molecule has 1 aliphatic carbocycles. The summed E-state index contributed by atoms with van der Waals surface area (Å²) in [5.74, 6) is 6.50. The van der Waals surface area contributed by atoms with Crippen molar-refractivity contribution >= 4 is 30.7 Å². The van der Waals surface area contributed by atoms with Crippen LogP contribution in [0.2, 0.25) is 16.6 Å². The predicted octanol–water partition coefficient (Wildman–Crippen LogP) is 6.72. The fourth-order valence-electron chi connectivity index (χ4n) is 4.03. The Kier molecular flexibility index (Phi) is 7.73. The number of alkyl halides is 1. The van der Waals surface area contributed by atoms with Crippen LogP contribution in [0.5, 0.6) is 0 Å². The summed E-state index contributed by atoms with van der Waals surface area (Å²) in [4.78, 5) is 0. The molecule has 1 saturated carbocycles. The van der Waals surface area contributed by atoms with Crippen molar-refractivity contribution in [1.29, 1.82) is 0 Å². The van der Waals surface area contributed by atoms with Crippen molar-refractivity contribution in [2.75, 3.05) is 4.43 Å². The number of halogens is 1. The van der Waals surface area contributed by atoms with Gasteiger partial charge in [-0.25, -0.2) is 0 Å².